The minimum Gasteiger partial charge on any atom is -0.395 e. The molecule has 0 aromatic carbocycles. The summed E-state index contributed by atoms with van der Waals surface area (Å²) in [5, 5.41) is 4.06. The van der Waals surface area contributed by atoms with Crippen LogP contribution < -0.4 is 5.73 Å². The van der Waals surface area contributed by atoms with Gasteiger partial charge in [0, 0.05) is 21.1 Å². The highest BCUT2D eigenvalue weighted by Gasteiger charge is 2.18. The van der Waals surface area contributed by atoms with Gasteiger partial charge in [-0.15, -0.1) is 0 Å². The molecule has 1 rings (SSSR count). The van der Waals surface area contributed by atoms with Crippen LogP contribution in [0.25, 0.3) is 0 Å². The Morgan fingerprint density at radius 2 is 2.08 bits per heavy atom. The zero-order valence-electron chi connectivity index (χ0n) is 8.33. The predicted molar refractivity (Wildman–Crippen MR) is 50.4 cm³/mol. The van der Waals surface area contributed by atoms with Gasteiger partial charge >= 0.3 is 0 Å². The summed E-state index contributed by atoms with van der Waals surface area (Å²) < 4.78 is 1.51. The van der Waals surface area contributed by atoms with E-state index in [0.29, 0.717) is 17.1 Å². The first-order valence-electron chi connectivity index (χ1n) is 3.96. The Kier molecular flexibility index (Phi) is 2.27. The number of carbonyl (C=O) groups is 1. The molecule has 0 aliphatic rings. The third-order valence-electron chi connectivity index (χ3n) is 1.88. The maximum atomic E-state index is 11.6. The molecular weight excluding hydrogens is 168 g/mol. The third kappa shape index (κ3) is 1.49. The minimum atomic E-state index is -0.124. The normalized spacial score (nSPS) is 10.2. The van der Waals surface area contributed by atoms with E-state index < -0.39 is 0 Å². The Morgan fingerprint density at radius 1 is 1.54 bits per heavy atom. The molecule has 0 saturated carbocycles. The second kappa shape index (κ2) is 3.08. The lowest BCUT2D eigenvalue weighted by molar-refractivity contribution is 0.0818. The van der Waals surface area contributed by atoms with Gasteiger partial charge in [0.05, 0.1) is 11.4 Å². The summed E-state index contributed by atoms with van der Waals surface area (Å²) in [7, 11) is 5.08. The van der Waals surface area contributed by atoms with Gasteiger partial charge < -0.3 is 10.6 Å². The molecule has 0 bridgehead atoms. The molecule has 0 atom stereocenters. The molecule has 0 unspecified atom stereocenters. The molecule has 0 saturated heterocycles. The number of carbonyl (C=O) groups excluding carboxylic acids is 1. The van der Waals surface area contributed by atoms with Crippen LogP contribution in [0.1, 0.15) is 16.2 Å². The Hall–Kier alpha value is -1.52. The highest BCUT2D eigenvalue weighted by atomic mass is 16.2. The van der Waals surface area contributed by atoms with Gasteiger partial charge in [0.1, 0.15) is 5.69 Å². The molecule has 0 aliphatic carbocycles. The predicted octanol–water partition coefficient (Wildman–Crippen LogP) is 0.0125. The third-order valence-corrected chi connectivity index (χ3v) is 1.88. The van der Waals surface area contributed by atoms with Crippen molar-refractivity contribution in [2.75, 3.05) is 19.8 Å². The molecular formula is C8H14N4O. The SMILES string of the molecule is Cc1nn(C)c(C(=O)N(C)C)c1N. The van der Waals surface area contributed by atoms with Crippen LogP contribution in [-0.2, 0) is 7.05 Å². The second-order valence-corrected chi connectivity index (χ2v) is 3.17. The zero-order chi connectivity index (χ0) is 10.2. The summed E-state index contributed by atoms with van der Waals surface area (Å²) in [5.74, 6) is -0.124. The Balaban J connectivity index is 3.21. The van der Waals surface area contributed by atoms with Crippen LogP contribution in [0, 0.1) is 6.92 Å². The number of nitrogens with two attached hydrogens (primary N) is 1. The van der Waals surface area contributed by atoms with E-state index in [1.165, 1.54) is 9.58 Å². The van der Waals surface area contributed by atoms with Gasteiger partial charge in [0.2, 0.25) is 0 Å². The van der Waals surface area contributed by atoms with Gasteiger partial charge in [-0.25, -0.2) is 0 Å². The summed E-state index contributed by atoms with van der Waals surface area (Å²) >= 11 is 0. The molecule has 1 heterocycles. The number of amides is 1. The summed E-state index contributed by atoms with van der Waals surface area (Å²) in [4.78, 5) is 13.1. The van der Waals surface area contributed by atoms with Crippen molar-refractivity contribution < 1.29 is 4.79 Å². The van der Waals surface area contributed by atoms with Crippen molar-refractivity contribution in [1.82, 2.24) is 14.7 Å². The number of anilines is 1. The monoisotopic (exact) mass is 182 g/mol. The van der Waals surface area contributed by atoms with E-state index in [4.69, 9.17) is 5.73 Å². The van der Waals surface area contributed by atoms with Gasteiger partial charge in [-0.1, -0.05) is 0 Å². The number of nitrogen functional groups attached to an aromatic ring is 1. The maximum Gasteiger partial charge on any atom is 0.273 e. The summed E-state index contributed by atoms with van der Waals surface area (Å²) in [6, 6.07) is 0. The smallest absolute Gasteiger partial charge is 0.273 e. The van der Waals surface area contributed by atoms with Crippen molar-refractivity contribution in [2.45, 2.75) is 6.92 Å². The first-order valence-corrected chi connectivity index (χ1v) is 3.96. The number of aryl methyl sites for hydroxylation is 2. The Morgan fingerprint density at radius 3 is 2.38 bits per heavy atom. The highest BCUT2D eigenvalue weighted by molar-refractivity contribution is 5.97. The van der Waals surface area contributed by atoms with E-state index in [0.717, 1.165) is 0 Å². The first-order chi connectivity index (χ1) is 5.95. The number of aromatic nitrogens is 2. The molecule has 1 aromatic heterocycles. The molecule has 0 aliphatic heterocycles. The molecule has 2 N–H and O–H groups in total. The second-order valence-electron chi connectivity index (χ2n) is 3.17. The minimum absolute atomic E-state index is 0.124. The quantitative estimate of drug-likeness (QED) is 0.665. The number of nitrogens with zero attached hydrogens (tertiary/aromatic N) is 3. The molecule has 0 spiro atoms. The molecule has 5 heteroatoms. The topological polar surface area (TPSA) is 64.2 Å². The molecule has 5 nitrogen and oxygen atoms in total. The van der Waals surface area contributed by atoms with Crippen LogP contribution in [-0.4, -0.2) is 34.7 Å². The summed E-state index contributed by atoms with van der Waals surface area (Å²) in [6.45, 7) is 1.78. The fourth-order valence-corrected chi connectivity index (χ4v) is 1.14. The number of rotatable bonds is 1. The van der Waals surface area contributed by atoms with E-state index in [9.17, 15) is 4.79 Å². The summed E-state index contributed by atoms with van der Waals surface area (Å²) in [6.07, 6.45) is 0. The van der Waals surface area contributed by atoms with Crippen LogP contribution in [0.2, 0.25) is 0 Å². The van der Waals surface area contributed by atoms with Crippen molar-refractivity contribution in [3.8, 4) is 0 Å². The van der Waals surface area contributed by atoms with Crippen molar-refractivity contribution >= 4 is 11.6 Å². The fourth-order valence-electron chi connectivity index (χ4n) is 1.14. The van der Waals surface area contributed by atoms with E-state index >= 15 is 0 Å². The standard InChI is InChI=1S/C8H14N4O/c1-5-6(9)7(12(4)10-5)8(13)11(2)3/h9H2,1-4H3. The van der Waals surface area contributed by atoms with Gasteiger partial charge in [-0.05, 0) is 6.92 Å². The highest BCUT2D eigenvalue weighted by Crippen LogP contribution is 2.16. The van der Waals surface area contributed by atoms with Gasteiger partial charge in [0.15, 0.2) is 0 Å². The lowest BCUT2D eigenvalue weighted by Crippen LogP contribution is -2.25. The lowest BCUT2D eigenvalue weighted by Gasteiger charge is -2.10. The van der Waals surface area contributed by atoms with E-state index in [1.807, 2.05) is 0 Å². The molecule has 1 aromatic rings. The summed E-state index contributed by atoms with van der Waals surface area (Å²) in [5.41, 5.74) is 7.31. The van der Waals surface area contributed by atoms with Crippen molar-refractivity contribution in [3.63, 3.8) is 0 Å². The average Bonchev–Trinajstić information content (AvgIpc) is 2.26. The Labute approximate surface area is 77.1 Å². The number of hydrogen-bond donors (Lipinski definition) is 1. The van der Waals surface area contributed by atoms with E-state index in [1.54, 1.807) is 28.1 Å². The fraction of sp³-hybridized carbons (Fsp3) is 0.500. The molecule has 13 heavy (non-hydrogen) atoms. The van der Waals surface area contributed by atoms with E-state index in [-0.39, 0.29) is 5.91 Å². The van der Waals surface area contributed by atoms with Gasteiger partial charge in [0.25, 0.3) is 5.91 Å². The van der Waals surface area contributed by atoms with Crippen LogP contribution >= 0.6 is 0 Å². The number of hydrogen-bond acceptors (Lipinski definition) is 3. The lowest BCUT2D eigenvalue weighted by atomic mass is 10.3. The first kappa shape index (κ1) is 9.57. The molecule has 0 radical (unpaired) electrons. The maximum absolute atomic E-state index is 11.6. The Bertz CT molecular complexity index is 340. The van der Waals surface area contributed by atoms with Crippen molar-refractivity contribution in [1.29, 1.82) is 0 Å². The van der Waals surface area contributed by atoms with Crippen LogP contribution in [0.3, 0.4) is 0 Å². The van der Waals surface area contributed by atoms with Crippen LogP contribution in [0.15, 0.2) is 0 Å². The van der Waals surface area contributed by atoms with E-state index in [2.05, 4.69) is 5.10 Å². The largest absolute Gasteiger partial charge is 0.395 e. The molecule has 0 fully saturated rings. The van der Waals surface area contributed by atoms with Crippen LogP contribution in [0.4, 0.5) is 5.69 Å². The van der Waals surface area contributed by atoms with Gasteiger partial charge in [-0.3, -0.25) is 9.48 Å². The average molecular weight is 182 g/mol. The zero-order valence-corrected chi connectivity index (χ0v) is 8.33. The van der Waals surface area contributed by atoms with Crippen LogP contribution in [0.5, 0.6) is 0 Å². The van der Waals surface area contributed by atoms with Gasteiger partial charge in [-0.2, -0.15) is 5.10 Å². The van der Waals surface area contributed by atoms with Crippen molar-refractivity contribution in [2.24, 2.45) is 7.05 Å². The van der Waals surface area contributed by atoms with Crippen molar-refractivity contribution in [3.05, 3.63) is 11.4 Å². The molecule has 1 amide bonds. The molecule has 72 valence electrons.